The van der Waals surface area contributed by atoms with Crippen LogP contribution in [0.3, 0.4) is 0 Å². The van der Waals surface area contributed by atoms with Gasteiger partial charge < -0.3 is 15.0 Å². The molecule has 0 spiro atoms. The predicted octanol–water partition coefficient (Wildman–Crippen LogP) is 5.52. The van der Waals surface area contributed by atoms with Gasteiger partial charge in [-0.3, -0.25) is 0 Å². The Morgan fingerprint density at radius 3 is 2.41 bits per heavy atom. The summed E-state index contributed by atoms with van der Waals surface area (Å²) in [5, 5.41) is 4.72. The van der Waals surface area contributed by atoms with E-state index in [9.17, 15) is 0 Å². The van der Waals surface area contributed by atoms with Crippen LogP contribution in [0.4, 0.5) is 5.82 Å². The normalized spacial score (nSPS) is 11.4. The van der Waals surface area contributed by atoms with Gasteiger partial charge in [0, 0.05) is 17.0 Å². The summed E-state index contributed by atoms with van der Waals surface area (Å²) < 4.78 is 5.60. The second-order valence-electron chi connectivity index (χ2n) is 7.10. The van der Waals surface area contributed by atoms with Gasteiger partial charge in [-0.15, -0.1) is 11.3 Å². The SMILES string of the molecule is CCOc1ccc(-c2c(C)sc3nc(C)nc(NCCCN(CC)CC)c23)cc1. The smallest absolute Gasteiger partial charge is 0.139 e. The van der Waals surface area contributed by atoms with Crippen LogP contribution >= 0.6 is 11.3 Å². The number of aromatic nitrogens is 2. The van der Waals surface area contributed by atoms with Crippen molar-refractivity contribution in [2.24, 2.45) is 0 Å². The number of benzene rings is 1. The molecule has 0 fully saturated rings. The molecule has 2 aromatic heterocycles. The van der Waals surface area contributed by atoms with Gasteiger partial charge in [0.05, 0.1) is 12.0 Å². The molecular formula is C23H32N4OS. The Labute approximate surface area is 178 Å². The van der Waals surface area contributed by atoms with Crippen molar-refractivity contribution in [3.8, 4) is 16.9 Å². The zero-order valence-corrected chi connectivity index (χ0v) is 19.0. The van der Waals surface area contributed by atoms with E-state index in [1.165, 1.54) is 16.0 Å². The van der Waals surface area contributed by atoms with Crippen molar-refractivity contribution in [3.05, 3.63) is 35.0 Å². The average Bonchev–Trinajstić information content (AvgIpc) is 3.04. The molecule has 0 bridgehead atoms. The van der Waals surface area contributed by atoms with E-state index >= 15 is 0 Å². The number of aryl methyl sites for hydroxylation is 2. The minimum atomic E-state index is 0.675. The van der Waals surface area contributed by atoms with Crippen LogP contribution in [-0.4, -0.2) is 47.7 Å². The van der Waals surface area contributed by atoms with Crippen molar-refractivity contribution in [3.63, 3.8) is 0 Å². The van der Waals surface area contributed by atoms with Crippen LogP contribution in [0.15, 0.2) is 24.3 Å². The summed E-state index contributed by atoms with van der Waals surface area (Å²) in [5.74, 6) is 2.65. The van der Waals surface area contributed by atoms with Crippen LogP contribution in [0.25, 0.3) is 21.3 Å². The Hall–Kier alpha value is -2.18. The first-order valence-electron chi connectivity index (χ1n) is 10.5. The molecule has 0 aliphatic rings. The quantitative estimate of drug-likeness (QED) is 0.445. The fourth-order valence-corrected chi connectivity index (χ4v) is 4.72. The summed E-state index contributed by atoms with van der Waals surface area (Å²) in [6.45, 7) is 15.4. The van der Waals surface area contributed by atoms with Gasteiger partial charge in [0.15, 0.2) is 0 Å². The van der Waals surface area contributed by atoms with Crippen LogP contribution in [0, 0.1) is 13.8 Å². The monoisotopic (exact) mass is 412 g/mol. The maximum Gasteiger partial charge on any atom is 0.139 e. The second-order valence-corrected chi connectivity index (χ2v) is 8.30. The van der Waals surface area contributed by atoms with Crippen LogP contribution in [0.1, 0.15) is 37.9 Å². The number of ether oxygens (including phenoxy) is 1. The number of hydrogen-bond acceptors (Lipinski definition) is 6. The van der Waals surface area contributed by atoms with E-state index in [0.717, 1.165) is 60.2 Å². The van der Waals surface area contributed by atoms with Crippen molar-refractivity contribution in [1.29, 1.82) is 0 Å². The third-order valence-electron chi connectivity index (χ3n) is 5.13. The van der Waals surface area contributed by atoms with Crippen LogP contribution in [0.5, 0.6) is 5.75 Å². The molecular weight excluding hydrogens is 380 g/mol. The zero-order chi connectivity index (χ0) is 20.8. The lowest BCUT2D eigenvalue weighted by Crippen LogP contribution is -2.25. The molecule has 29 heavy (non-hydrogen) atoms. The van der Waals surface area contributed by atoms with E-state index in [1.807, 2.05) is 26.0 Å². The average molecular weight is 413 g/mol. The molecule has 6 heteroatoms. The molecule has 0 saturated carbocycles. The topological polar surface area (TPSA) is 50.3 Å². The lowest BCUT2D eigenvalue weighted by molar-refractivity contribution is 0.303. The maximum absolute atomic E-state index is 5.60. The van der Waals surface area contributed by atoms with Crippen molar-refractivity contribution < 1.29 is 4.74 Å². The first kappa shape index (κ1) is 21.5. The number of nitrogens with zero attached hydrogens (tertiary/aromatic N) is 3. The molecule has 0 amide bonds. The van der Waals surface area contributed by atoms with Crippen LogP contribution < -0.4 is 10.1 Å². The summed E-state index contributed by atoms with van der Waals surface area (Å²) in [7, 11) is 0. The van der Waals surface area contributed by atoms with Gasteiger partial charge in [0.1, 0.15) is 22.2 Å². The van der Waals surface area contributed by atoms with Gasteiger partial charge in [-0.05, 0) is 64.5 Å². The molecule has 0 atom stereocenters. The third kappa shape index (κ3) is 5.06. The van der Waals surface area contributed by atoms with E-state index in [4.69, 9.17) is 14.7 Å². The van der Waals surface area contributed by atoms with E-state index in [1.54, 1.807) is 11.3 Å². The van der Waals surface area contributed by atoms with Crippen molar-refractivity contribution in [2.75, 3.05) is 38.1 Å². The Bertz CT molecular complexity index is 932. The molecule has 5 nitrogen and oxygen atoms in total. The summed E-state index contributed by atoms with van der Waals surface area (Å²) in [6, 6.07) is 8.33. The molecule has 1 N–H and O–H groups in total. The largest absolute Gasteiger partial charge is 0.494 e. The van der Waals surface area contributed by atoms with Crippen molar-refractivity contribution in [2.45, 2.75) is 41.0 Å². The number of rotatable bonds is 10. The minimum Gasteiger partial charge on any atom is -0.494 e. The van der Waals surface area contributed by atoms with Crippen LogP contribution in [0.2, 0.25) is 0 Å². The maximum atomic E-state index is 5.60. The Morgan fingerprint density at radius 2 is 1.76 bits per heavy atom. The highest BCUT2D eigenvalue weighted by atomic mass is 32.1. The molecule has 3 aromatic rings. The molecule has 0 unspecified atom stereocenters. The molecule has 0 saturated heterocycles. The van der Waals surface area contributed by atoms with Gasteiger partial charge in [-0.25, -0.2) is 9.97 Å². The Morgan fingerprint density at radius 1 is 1.03 bits per heavy atom. The van der Waals surface area contributed by atoms with E-state index < -0.39 is 0 Å². The first-order valence-corrected chi connectivity index (χ1v) is 11.4. The second kappa shape index (κ2) is 10.0. The molecule has 2 heterocycles. The highest BCUT2D eigenvalue weighted by molar-refractivity contribution is 7.19. The number of nitrogens with one attached hydrogen (secondary N) is 1. The summed E-state index contributed by atoms with van der Waals surface area (Å²) in [5.41, 5.74) is 2.40. The Balaban J connectivity index is 1.89. The van der Waals surface area contributed by atoms with E-state index in [2.05, 4.69) is 43.1 Å². The third-order valence-corrected chi connectivity index (χ3v) is 6.13. The number of thiophene rings is 1. The van der Waals surface area contributed by atoms with Gasteiger partial charge in [0.2, 0.25) is 0 Å². The number of fused-ring (bicyclic) bond motifs is 1. The van der Waals surface area contributed by atoms with Gasteiger partial charge in [-0.2, -0.15) is 0 Å². The molecule has 0 aliphatic carbocycles. The predicted molar refractivity (Wildman–Crippen MR) is 124 cm³/mol. The van der Waals surface area contributed by atoms with Gasteiger partial charge in [-0.1, -0.05) is 26.0 Å². The molecule has 1 aromatic carbocycles. The summed E-state index contributed by atoms with van der Waals surface area (Å²) in [6.07, 6.45) is 1.09. The molecule has 3 rings (SSSR count). The first-order chi connectivity index (χ1) is 14.1. The van der Waals surface area contributed by atoms with Gasteiger partial charge in [0.25, 0.3) is 0 Å². The highest BCUT2D eigenvalue weighted by Crippen LogP contribution is 2.41. The van der Waals surface area contributed by atoms with Crippen molar-refractivity contribution in [1.82, 2.24) is 14.9 Å². The number of hydrogen-bond donors (Lipinski definition) is 1. The lowest BCUT2D eigenvalue weighted by Gasteiger charge is -2.18. The van der Waals surface area contributed by atoms with E-state index in [-0.39, 0.29) is 0 Å². The fourth-order valence-electron chi connectivity index (χ4n) is 3.63. The fraction of sp³-hybridized carbons (Fsp3) is 0.478. The van der Waals surface area contributed by atoms with Crippen LogP contribution in [-0.2, 0) is 0 Å². The highest BCUT2D eigenvalue weighted by Gasteiger charge is 2.17. The number of anilines is 1. The molecule has 0 radical (unpaired) electrons. The zero-order valence-electron chi connectivity index (χ0n) is 18.2. The van der Waals surface area contributed by atoms with Gasteiger partial charge >= 0.3 is 0 Å². The van der Waals surface area contributed by atoms with Crippen molar-refractivity contribution >= 4 is 27.4 Å². The molecule has 156 valence electrons. The summed E-state index contributed by atoms with van der Waals surface area (Å²) in [4.78, 5) is 14.2. The molecule has 0 aliphatic heterocycles. The van der Waals surface area contributed by atoms with E-state index in [0.29, 0.717) is 6.61 Å². The Kier molecular flexibility index (Phi) is 7.45. The summed E-state index contributed by atoms with van der Waals surface area (Å²) >= 11 is 1.74. The minimum absolute atomic E-state index is 0.675. The standard InChI is InChI=1S/C23H32N4OS/c1-6-27(7-2)15-9-14-24-22-21-20(16(4)29-23(21)26-17(5)25-22)18-10-12-19(13-11-18)28-8-3/h10-13H,6-9,14-15H2,1-5H3,(H,24,25,26). The lowest BCUT2D eigenvalue weighted by atomic mass is 10.0.